The Morgan fingerprint density at radius 1 is 1.07 bits per heavy atom. The Morgan fingerprint density at radius 2 is 1.57 bits per heavy atom. The van der Waals surface area contributed by atoms with Crippen molar-refractivity contribution in [2.75, 3.05) is 0 Å². The monoisotopic (exact) mass is 206 g/mol. The maximum Gasteiger partial charge on any atom is 0.379 e. The summed E-state index contributed by atoms with van der Waals surface area (Å²) < 4.78 is 31.2. The number of alkyl halides is 3. The van der Waals surface area contributed by atoms with Gasteiger partial charge in [-0.1, -0.05) is 19.4 Å². The van der Waals surface area contributed by atoms with Gasteiger partial charge in [0.1, 0.15) is 6.54 Å². The molecule has 0 aliphatic rings. The van der Waals surface area contributed by atoms with Crippen LogP contribution in [0.4, 0.5) is 13.2 Å². The molecule has 0 aromatic carbocycles. The molecule has 1 heterocycles. The van der Waals surface area contributed by atoms with Crippen LogP contribution in [0.5, 0.6) is 0 Å². The molecule has 0 fully saturated rings. The number of rotatable bonds is 3. The van der Waals surface area contributed by atoms with Gasteiger partial charge in [-0.25, -0.2) is 4.57 Å². The molecule has 0 saturated heterocycles. The second-order valence-electron chi connectivity index (χ2n) is 2.71. The standard InChI is InChI=1S/C9H14N.CHF3/c1-2-3-7-10-8-5-4-6-9-10;2-1(3)4/h4-6,8-9H,2-3,7H2,1H3;1H/q+1;. The highest BCUT2D eigenvalue weighted by molar-refractivity contribution is 4.83. The molecule has 0 aliphatic heterocycles. The first-order valence-corrected chi connectivity index (χ1v) is 4.53. The molecule has 1 aromatic heterocycles. The van der Waals surface area contributed by atoms with Crippen LogP contribution >= 0.6 is 0 Å². The zero-order chi connectivity index (χ0) is 10.8. The van der Waals surface area contributed by atoms with Crippen molar-refractivity contribution in [1.82, 2.24) is 0 Å². The molecular weight excluding hydrogens is 191 g/mol. The molecule has 0 unspecified atom stereocenters. The number of hydrogen-bond acceptors (Lipinski definition) is 0. The van der Waals surface area contributed by atoms with Gasteiger partial charge < -0.3 is 0 Å². The summed E-state index contributed by atoms with van der Waals surface area (Å²) in [5.74, 6) is 0. The number of halogens is 3. The van der Waals surface area contributed by atoms with Crippen molar-refractivity contribution < 1.29 is 17.7 Å². The van der Waals surface area contributed by atoms with E-state index in [0.29, 0.717) is 0 Å². The van der Waals surface area contributed by atoms with Crippen molar-refractivity contribution >= 4 is 0 Å². The lowest BCUT2D eigenvalue weighted by Crippen LogP contribution is -2.31. The molecule has 0 aliphatic carbocycles. The Kier molecular flexibility index (Phi) is 7.89. The summed E-state index contributed by atoms with van der Waals surface area (Å²) in [6.45, 7) is -0.305. The molecule has 4 heteroatoms. The molecule has 0 atom stereocenters. The third-order valence-electron chi connectivity index (χ3n) is 1.55. The van der Waals surface area contributed by atoms with Crippen LogP contribution in [-0.2, 0) is 6.54 Å². The molecule has 0 saturated carbocycles. The van der Waals surface area contributed by atoms with Crippen LogP contribution in [0.15, 0.2) is 30.6 Å². The van der Waals surface area contributed by atoms with Gasteiger partial charge in [-0.2, -0.15) is 13.2 Å². The highest BCUT2D eigenvalue weighted by Gasteiger charge is 1.93. The summed E-state index contributed by atoms with van der Waals surface area (Å²) in [6.07, 6.45) is 6.75. The summed E-state index contributed by atoms with van der Waals surface area (Å²) >= 11 is 0. The predicted octanol–water partition coefficient (Wildman–Crippen LogP) is 2.95. The van der Waals surface area contributed by atoms with Crippen LogP contribution in [0.25, 0.3) is 0 Å². The minimum Gasteiger partial charge on any atom is -0.205 e. The molecule has 1 aromatic rings. The molecule has 14 heavy (non-hydrogen) atoms. The second-order valence-corrected chi connectivity index (χ2v) is 2.71. The smallest absolute Gasteiger partial charge is 0.205 e. The Bertz CT molecular complexity index is 211. The summed E-state index contributed by atoms with van der Waals surface area (Å²) in [6, 6.07) is 6.17. The van der Waals surface area contributed by atoms with Gasteiger partial charge in [0, 0.05) is 18.6 Å². The van der Waals surface area contributed by atoms with Crippen LogP contribution in [0.3, 0.4) is 0 Å². The molecule has 0 bridgehead atoms. The topological polar surface area (TPSA) is 3.88 Å². The molecule has 1 rings (SSSR count). The van der Waals surface area contributed by atoms with E-state index in [1.807, 2.05) is 6.07 Å². The minimum absolute atomic E-state index is 1.15. The SMILES string of the molecule is CCCC[n+]1ccccc1.FC(F)F. The summed E-state index contributed by atoms with van der Waals surface area (Å²) in [4.78, 5) is 0. The van der Waals surface area contributed by atoms with Gasteiger partial charge in [-0.05, 0) is 0 Å². The number of unbranched alkanes of at least 4 members (excludes halogenated alkanes) is 1. The lowest BCUT2D eigenvalue weighted by atomic mass is 10.3. The van der Waals surface area contributed by atoms with Crippen molar-refractivity contribution in [3.8, 4) is 0 Å². The Labute approximate surface area is 82.2 Å². The predicted molar refractivity (Wildman–Crippen MR) is 48.7 cm³/mol. The van der Waals surface area contributed by atoms with E-state index in [9.17, 15) is 13.2 Å². The van der Waals surface area contributed by atoms with Gasteiger partial charge in [-0.3, -0.25) is 0 Å². The van der Waals surface area contributed by atoms with Crippen LogP contribution < -0.4 is 4.57 Å². The van der Waals surface area contributed by atoms with Crippen molar-refractivity contribution in [2.24, 2.45) is 0 Å². The lowest BCUT2D eigenvalue weighted by molar-refractivity contribution is -0.697. The third-order valence-corrected chi connectivity index (χ3v) is 1.55. The molecule has 80 valence electrons. The highest BCUT2D eigenvalue weighted by atomic mass is 19.4. The second kappa shape index (κ2) is 8.53. The fraction of sp³-hybridized carbons (Fsp3) is 0.500. The summed E-state index contributed by atoms with van der Waals surface area (Å²) in [5, 5.41) is 0. The van der Waals surface area contributed by atoms with Gasteiger partial charge in [-0.15, -0.1) is 0 Å². The fourth-order valence-electron chi connectivity index (χ4n) is 0.924. The number of aryl methyl sites for hydroxylation is 1. The fourth-order valence-corrected chi connectivity index (χ4v) is 0.924. The Hall–Kier alpha value is -1.06. The normalized spacial score (nSPS) is 9.50. The van der Waals surface area contributed by atoms with Crippen molar-refractivity contribution in [2.45, 2.75) is 33.0 Å². The van der Waals surface area contributed by atoms with Crippen LogP contribution in [-0.4, -0.2) is 6.68 Å². The van der Waals surface area contributed by atoms with Gasteiger partial charge in [0.25, 0.3) is 0 Å². The Balaban J connectivity index is 0.000000364. The number of nitrogens with zero attached hydrogens (tertiary/aromatic N) is 1. The van der Waals surface area contributed by atoms with Crippen LogP contribution in [0, 0.1) is 0 Å². The molecule has 0 spiro atoms. The van der Waals surface area contributed by atoms with Crippen molar-refractivity contribution in [3.63, 3.8) is 0 Å². The largest absolute Gasteiger partial charge is 0.379 e. The van der Waals surface area contributed by atoms with Crippen molar-refractivity contribution in [1.29, 1.82) is 0 Å². The first kappa shape index (κ1) is 12.9. The zero-order valence-corrected chi connectivity index (χ0v) is 8.17. The van der Waals surface area contributed by atoms with Gasteiger partial charge >= 0.3 is 6.68 Å². The zero-order valence-electron chi connectivity index (χ0n) is 8.17. The first-order valence-electron chi connectivity index (χ1n) is 4.53. The van der Waals surface area contributed by atoms with E-state index in [-0.39, 0.29) is 0 Å². The van der Waals surface area contributed by atoms with Gasteiger partial charge in [0.15, 0.2) is 12.4 Å². The third kappa shape index (κ3) is 9.03. The average Bonchev–Trinajstić information content (AvgIpc) is 2.15. The van der Waals surface area contributed by atoms with Gasteiger partial charge in [0.2, 0.25) is 0 Å². The maximum absolute atomic E-state index is 9.67. The maximum atomic E-state index is 9.67. The van der Waals surface area contributed by atoms with Crippen LogP contribution in [0.2, 0.25) is 0 Å². The van der Waals surface area contributed by atoms with Gasteiger partial charge in [0.05, 0.1) is 0 Å². The number of pyridine rings is 1. The van der Waals surface area contributed by atoms with Crippen LogP contribution in [0.1, 0.15) is 19.8 Å². The van der Waals surface area contributed by atoms with E-state index < -0.39 is 6.68 Å². The number of aromatic nitrogens is 1. The molecule has 0 radical (unpaired) electrons. The van der Waals surface area contributed by atoms with E-state index in [1.54, 1.807) is 0 Å². The molecule has 1 nitrogen and oxygen atoms in total. The first-order chi connectivity index (χ1) is 6.66. The minimum atomic E-state index is -3.67. The van der Waals surface area contributed by atoms with E-state index in [2.05, 4.69) is 36.0 Å². The summed E-state index contributed by atoms with van der Waals surface area (Å²) in [5.41, 5.74) is 0. The summed E-state index contributed by atoms with van der Waals surface area (Å²) in [7, 11) is 0. The van der Waals surface area contributed by atoms with E-state index in [4.69, 9.17) is 0 Å². The van der Waals surface area contributed by atoms with E-state index in [1.165, 1.54) is 12.8 Å². The Morgan fingerprint density at radius 3 is 2.00 bits per heavy atom. The highest BCUT2D eigenvalue weighted by Crippen LogP contribution is 1.87. The number of hydrogen-bond donors (Lipinski definition) is 0. The van der Waals surface area contributed by atoms with E-state index >= 15 is 0 Å². The lowest BCUT2D eigenvalue weighted by Gasteiger charge is -1.91. The quantitative estimate of drug-likeness (QED) is 0.669. The average molecular weight is 206 g/mol. The molecule has 0 N–H and O–H groups in total. The molecule has 0 amide bonds. The van der Waals surface area contributed by atoms with Crippen molar-refractivity contribution in [3.05, 3.63) is 30.6 Å². The molecular formula is C10H15F3N+. The van der Waals surface area contributed by atoms with E-state index in [0.717, 1.165) is 6.54 Å².